The van der Waals surface area contributed by atoms with Crippen LogP contribution in [0.25, 0.3) is 0 Å². The minimum atomic E-state index is -0.480. The van der Waals surface area contributed by atoms with Crippen LogP contribution in [-0.2, 0) is 7.05 Å². The molecule has 86 valence electrons. The van der Waals surface area contributed by atoms with Gasteiger partial charge in [-0.25, -0.2) is 9.78 Å². The number of carbonyl (C=O) groups excluding carboxylic acids is 1. The summed E-state index contributed by atoms with van der Waals surface area (Å²) in [6.45, 7) is 0. The minimum Gasteiger partial charge on any atom is -0.384 e. The smallest absolute Gasteiger partial charge is 0.348 e. The van der Waals surface area contributed by atoms with E-state index in [9.17, 15) is 9.59 Å². The molecular weight excluding hydrogens is 218 g/mol. The second-order valence-corrected chi connectivity index (χ2v) is 3.59. The number of nitrogen functional groups attached to an aromatic ring is 1. The number of benzene rings is 1. The van der Waals surface area contributed by atoms with Gasteiger partial charge in [0.15, 0.2) is 5.78 Å². The summed E-state index contributed by atoms with van der Waals surface area (Å²) in [6.07, 6.45) is 1.22. The largest absolute Gasteiger partial charge is 0.384 e. The van der Waals surface area contributed by atoms with Crippen LogP contribution >= 0.6 is 0 Å². The van der Waals surface area contributed by atoms with Crippen molar-refractivity contribution in [2.45, 2.75) is 0 Å². The Labute approximate surface area is 97.5 Å². The SMILES string of the molecule is Cn1c(N)c(C(=O)c2ccccc2)cnc1=O. The number of nitrogens with zero attached hydrogens (tertiary/aromatic N) is 2. The first kappa shape index (κ1) is 11.1. The van der Waals surface area contributed by atoms with E-state index in [0.717, 1.165) is 4.57 Å². The van der Waals surface area contributed by atoms with Crippen molar-refractivity contribution in [1.29, 1.82) is 0 Å². The van der Waals surface area contributed by atoms with Gasteiger partial charge in [-0.05, 0) is 0 Å². The first-order valence-corrected chi connectivity index (χ1v) is 5.02. The highest BCUT2D eigenvalue weighted by molar-refractivity contribution is 6.11. The van der Waals surface area contributed by atoms with Crippen molar-refractivity contribution >= 4 is 11.6 Å². The molecular formula is C12H11N3O2. The van der Waals surface area contributed by atoms with Gasteiger partial charge in [0.1, 0.15) is 5.82 Å². The van der Waals surface area contributed by atoms with Crippen LogP contribution in [0.15, 0.2) is 41.3 Å². The van der Waals surface area contributed by atoms with Gasteiger partial charge in [0.25, 0.3) is 0 Å². The quantitative estimate of drug-likeness (QED) is 0.764. The molecule has 0 unspecified atom stereocenters. The van der Waals surface area contributed by atoms with Crippen LogP contribution in [0.1, 0.15) is 15.9 Å². The van der Waals surface area contributed by atoms with Crippen LogP contribution in [-0.4, -0.2) is 15.3 Å². The molecule has 0 aliphatic rings. The van der Waals surface area contributed by atoms with Gasteiger partial charge in [0.05, 0.1) is 5.56 Å². The fourth-order valence-electron chi connectivity index (χ4n) is 1.48. The van der Waals surface area contributed by atoms with E-state index in [1.807, 2.05) is 6.07 Å². The molecule has 0 spiro atoms. The van der Waals surface area contributed by atoms with Crippen molar-refractivity contribution in [2.75, 3.05) is 5.73 Å². The monoisotopic (exact) mass is 229 g/mol. The lowest BCUT2D eigenvalue weighted by Gasteiger charge is -2.07. The van der Waals surface area contributed by atoms with Crippen molar-refractivity contribution in [2.24, 2.45) is 7.05 Å². The van der Waals surface area contributed by atoms with E-state index >= 15 is 0 Å². The molecule has 5 nitrogen and oxygen atoms in total. The maximum absolute atomic E-state index is 12.1. The van der Waals surface area contributed by atoms with E-state index in [0.29, 0.717) is 5.56 Å². The summed E-state index contributed by atoms with van der Waals surface area (Å²) in [4.78, 5) is 26.9. The molecule has 0 aliphatic heterocycles. The summed E-state index contributed by atoms with van der Waals surface area (Å²) in [7, 11) is 1.48. The van der Waals surface area contributed by atoms with Crippen molar-refractivity contribution in [1.82, 2.24) is 9.55 Å². The zero-order chi connectivity index (χ0) is 12.4. The molecule has 0 saturated carbocycles. The van der Waals surface area contributed by atoms with E-state index in [-0.39, 0.29) is 17.2 Å². The maximum atomic E-state index is 12.1. The van der Waals surface area contributed by atoms with Crippen LogP contribution in [0.2, 0.25) is 0 Å². The molecule has 0 amide bonds. The van der Waals surface area contributed by atoms with Gasteiger partial charge >= 0.3 is 5.69 Å². The second kappa shape index (κ2) is 4.21. The van der Waals surface area contributed by atoms with Crippen molar-refractivity contribution in [3.63, 3.8) is 0 Å². The van der Waals surface area contributed by atoms with E-state index < -0.39 is 5.69 Å². The fourth-order valence-corrected chi connectivity index (χ4v) is 1.48. The predicted octanol–water partition coefficient (Wildman–Crippen LogP) is 0.594. The topological polar surface area (TPSA) is 78.0 Å². The molecule has 5 heteroatoms. The molecule has 17 heavy (non-hydrogen) atoms. The third kappa shape index (κ3) is 1.94. The van der Waals surface area contributed by atoms with E-state index in [4.69, 9.17) is 5.73 Å². The molecule has 0 fully saturated rings. The molecule has 0 saturated heterocycles. The summed E-state index contributed by atoms with van der Waals surface area (Å²) >= 11 is 0. The molecule has 0 aliphatic carbocycles. The van der Waals surface area contributed by atoms with Crippen LogP contribution in [0.3, 0.4) is 0 Å². The predicted molar refractivity (Wildman–Crippen MR) is 63.8 cm³/mol. The fraction of sp³-hybridized carbons (Fsp3) is 0.0833. The Balaban J connectivity index is 2.53. The standard InChI is InChI=1S/C12H11N3O2/c1-15-11(13)9(7-14-12(15)17)10(16)8-5-3-2-4-6-8/h2-7H,13H2,1H3. The van der Waals surface area contributed by atoms with Crippen molar-refractivity contribution in [3.05, 3.63) is 58.1 Å². The molecule has 2 aromatic rings. The molecule has 1 aromatic carbocycles. The number of rotatable bonds is 2. The minimum absolute atomic E-state index is 0.124. The highest BCUT2D eigenvalue weighted by Crippen LogP contribution is 2.13. The third-order valence-electron chi connectivity index (χ3n) is 2.51. The number of hydrogen-bond donors (Lipinski definition) is 1. The Hall–Kier alpha value is -2.43. The van der Waals surface area contributed by atoms with Gasteiger partial charge in [-0.3, -0.25) is 9.36 Å². The zero-order valence-electron chi connectivity index (χ0n) is 9.25. The maximum Gasteiger partial charge on any atom is 0.348 e. The normalized spacial score (nSPS) is 10.2. The van der Waals surface area contributed by atoms with Gasteiger partial charge in [-0.1, -0.05) is 30.3 Å². The number of carbonyl (C=O) groups is 1. The lowest BCUT2D eigenvalue weighted by atomic mass is 10.1. The summed E-state index contributed by atoms with van der Waals surface area (Å²) in [6, 6.07) is 8.72. The van der Waals surface area contributed by atoms with Gasteiger partial charge in [0.2, 0.25) is 0 Å². The number of ketones is 1. The molecule has 2 N–H and O–H groups in total. The van der Waals surface area contributed by atoms with Gasteiger partial charge in [-0.2, -0.15) is 0 Å². The Morgan fingerprint density at radius 3 is 2.59 bits per heavy atom. The van der Waals surface area contributed by atoms with Gasteiger partial charge in [0, 0.05) is 18.8 Å². The van der Waals surface area contributed by atoms with E-state index in [2.05, 4.69) is 4.98 Å². The number of hydrogen-bond acceptors (Lipinski definition) is 4. The van der Waals surface area contributed by atoms with Crippen LogP contribution in [0.5, 0.6) is 0 Å². The molecule has 1 aromatic heterocycles. The van der Waals surface area contributed by atoms with E-state index in [1.165, 1.54) is 13.2 Å². The summed E-state index contributed by atoms with van der Waals surface area (Å²) < 4.78 is 1.15. The van der Waals surface area contributed by atoms with Crippen molar-refractivity contribution in [3.8, 4) is 0 Å². The highest BCUT2D eigenvalue weighted by atomic mass is 16.1. The zero-order valence-corrected chi connectivity index (χ0v) is 9.25. The summed E-state index contributed by atoms with van der Waals surface area (Å²) in [5.74, 6) is -0.120. The van der Waals surface area contributed by atoms with E-state index in [1.54, 1.807) is 24.3 Å². The van der Waals surface area contributed by atoms with Crippen molar-refractivity contribution < 1.29 is 4.79 Å². The summed E-state index contributed by atoms with van der Waals surface area (Å²) in [5.41, 5.74) is 5.99. The average Bonchev–Trinajstić information content (AvgIpc) is 2.36. The third-order valence-corrected chi connectivity index (χ3v) is 2.51. The Morgan fingerprint density at radius 1 is 1.29 bits per heavy atom. The Bertz CT molecular complexity index is 617. The summed E-state index contributed by atoms with van der Waals surface area (Å²) in [5, 5.41) is 0. The van der Waals surface area contributed by atoms with Crippen LogP contribution in [0, 0.1) is 0 Å². The molecule has 0 radical (unpaired) electrons. The Morgan fingerprint density at radius 2 is 1.94 bits per heavy atom. The first-order chi connectivity index (χ1) is 8.11. The lowest BCUT2D eigenvalue weighted by molar-refractivity contribution is 0.103. The highest BCUT2D eigenvalue weighted by Gasteiger charge is 2.14. The van der Waals surface area contributed by atoms with Gasteiger partial charge < -0.3 is 5.73 Å². The number of aromatic nitrogens is 2. The lowest BCUT2D eigenvalue weighted by Crippen LogP contribution is -2.25. The molecule has 1 heterocycles. The molecule has 0 bridgehead atoms. The molecule has 0 atom stereocenters. The Kier molecular flexibility index (Phi) is 2.74. The van der Waals surface area contributed by atoms with Gasteiger partial charge in [-0.15, -0.1) is 0 Å². The second-order valence-electron chi connectivity index (χ2n) is 3.59. The number of nitrogens with two attached hydrogens (primary N) is 1. The average molecular weight is 229 g/mol. The first-order valence-electron chi connectivity index (χ1n) is 5.02. The van der Waals surface area contributed by atoms with Crippen LogP contribution in [0.4, 0.5) is 5.82 Å². The molecule has 2 rings (SSSR count). The van der Waals surface area contributed by atoms with Crippen LogP contribution < -0.4 is 11.4 Å². The number of anilines is 1.